The quantitative estimate of drug-likeness (QED) is 0.294. The smallest absolute Gasteiger partial charge is 0.335 e. The number of ether oxygens (including phenoxy) is 2. The molecule has 1 aliphatic rings. The second-order valence-electron chi connectivity index (χ2n) is 10.5. The molecule has 0 atom stereocenters. The maximum atomic E-state index is 15.3. The molecule has 3 aromatic heterocycles. The van der Waals surface area contributed by atoms with Crippen molar-refractivity contribution in [2.45, 2.75) is 19.9 Å². The zero-order valence-corrected chi connectivity index (χ0v) is 23.9. The Morgan fingerprint density at radius 2 is 1.70 bits per heavy atom. The van der Waals surface area contributed by atoms with E-state index < -0.39 is 34.8 Å². The molecule has 0 bridgehead atoms. The number of rotatable bonds is 7. The van der Waals surface area contributed by atoms with Gasteiger partial charge in [-0.25, -0.2) is 22.7 Å². The van der Waals surface area contributed by atoms with Crippen LogP contribution in [0.25, 0.3) is 11.2 Å². The highest BCUT2D eigenvalue weighted by atomic mass is 19.1. The molecule has 6 rings (SSSR count). The first-order chi connectivity index (χ1) is 21.2. The first-order valence-electron chi connectivity index (χ1n) is 13.9. The Morgan fingerprint density at radius 3 is 2.41 bits per heavy atom. The molecule has 226 valence electrons. The molecule has 44 heavy (non-hydrogen) atoms. The van der Waals surface area contributed by atoms with Crippen LogP contribution in [-0.4, -0.2) is 51.0 Å². The van der Waals surface area contributed by atoms with Gasteiger partial charge in [-0.05, 0) is 56.3 Å². The molecule has 11 nitrogen and oxygen atoms in total. The number of halogens is 2. The van der Waals surface area contributed by atoms with Crippen LogP contribution >= 0.6 is 0 Å². The third-order valence-electron chi connectivity index (χ3n) is 7.24. The fourth-order valence-corrected chi connectivity index (χ4v) is 4.95. The number of carbonyl (C=O) groups is 1. The van der Waals surface area contributed by atoms with E-state index >= 15 is 4.39 Å². The maximum absolute atomic E-state index is 15.3. The fourth-order valence-electron chi connectivity index (χ4n) is 4.95. The lowest BCUT2D eigenvalue weighted by atomic mass is 10.2. The van der Waals surface area contributed by atoms with Gasteiger partial charge >= 0.3 is 5.69 Å². The van der Waals surface area contributed by atoms with Gasteiger partial charge in [0.15, 0.2) is 17.3 Å². The van der Waals surface area contributed by atoms with E-state index in [-0.39, 0.29) is 22.7 Å². The van der Waals surface area contributed by atoms with E-state index in [1.807, 2.05) is 12.3 Å². The van der Waals surface area contributed by atoms with Crippen LogP contribution in [0.1, 0.15) is 30.2 Å². The predicted molar refractivity (Wildman–Crippen MR) is 159 cm³/mol. The number of fused-ring (bicyclic) bond motifs is 1. The van der Waals surface area contributed by atoms with E-state index in [9.17, 15) is 18.8 Å². The summed E-state index contributed by atoms with van der Waals surface area (Å²) in [7, 11) is 0. The number of nitrogens with one attached hydrogen (secondary N) is 1. The summed E-state index contributed by atoms with van der Waals surface area (Å²) in [4.78, 5) is 41.8. The lowest BCUT2D eigenvalue weighted by molar-refractivity contribution is 0.102. The van der Waals surface area contributed by atoms with E-state index in [4.69, 9.17) is 9.47 Å². The van der Waals surface area contributed by atoms with Gasteiger partial charge in [0.25, 0.3) is 11.5 Å². The summed E-state index contributed by atoms with van der Waals surface area (Å²) in [6.07, 6.45) is 4.65. The normalized spacial score (nSPS) is 13.4. The van der Waals surface area contributed by atoms with E-state index in [2.05, 4.69) is 15.3 Å². The van der Waals surface area contributed by atoms with Crippen LogP contribution in [0.3, 0.4) is 0 Å². The van der Waals surface area contributed by atoms with Gasteiger partial charge in [-0.3, -0.25) is 14.2 Å². The van der Waals surface area contributed by atoms with Crippen molar-refractivity contribution in [3.05, 3.63) is 111 Å². The van der Waals surface area contributed by atoms with Crippen LogP contribution in [0.5, 0.6) is 11.5 Å². The Hall–Kier alpha value is -5.30. The van der Waals surface area contributed by atoms with Crippen molar-refractivity contribution in [3.63, 3.8) is 0 Å². The van der Waals surface area contributed by atoms with Gasteiger partial charge in [-0.2, -0.15) is 5.10 Å². The molecule has 5 aromatic rings. The molecule has 0 spiro atoms. The summed E-state index contributed by atoms with van der Waals surface area (Å²) in [5, 5.41) is 6.83. The third-order valence-corrected chi connectivity index (χ3v) is 7.24. The Bertz CT molecular complexity index is 1980. The molecule has 1 fully saturated rings. The Morgan fingerprint density at radius 1 is 0.955 bits per heavy atom. The molecule has 1 amide bonds. The molecule has 1 aliphatic heterocycles. The molecule has 13 heteroatoms. The summed E-state index contributed by atoms with van der Waals surface area (Å²) in [5.74, 6) is -1.86. The van der Waals surface area contributed by atoms with E-state index in [0.717, 1.165) is 34.7 Å². The van der Waals surface area contributed by atoms with Crippen molar-refractivity contribution in [2.75, 3.05) is 36.5 Å². The van der Waals surface area contributed by atoms with Gasteiger partial charge in [0, 0.05) is 43.1 Å². The maximum Gasteiger partial charge on any atom is 0.335 e. The minimum Gasteiger partial charge on any atom is -0.452 e. The highest BCUT2D eigenvalue weighted by molar-refractivity contribution is 6.03. The number of nitrogens with zero attached hydrogens (tertiary/aromatic N) is 5. The van der Waals surface area contributed by atoms with Gasteiger partial charge in [0.1, 0.15) is 16.9 Å². The predicted octanol–water partition coefficient (Wildman–Crippen LogP) is 4.39. The lowest BCUT2D eigenvalue weighted by Crippen LogP contribution is -2.42. The monoisotopic (exact) mass is 602 g/mol. The zero-order chi connectivity index (χ0) is 31.0. The number of anilines is 2. The largest absolute Gasteiger partial charge is 0.452 e. The molecule has 4 heterocycles. The van der Waals surface area contributed by atoms with Crippen LogP contribution < -0.4 is 26.2 Å². The summed E-state index contributed by atoms with van der Waals surface area (Å²) in [5.41, 5.74) is -0.303. The molecule has 0 saturated carbocycles. The number of benzene rings is 2. The molecule has 2 aromatic carbocycles. The van der Waals surface area contributed by atoms with Gasteiger partial charge in [0.05, 0.1) is 37.0 Å². The second kappa shape index (κ2) is 11.8. The Labute approximate surface area is 249 Å². The molecule has 1 N–H and O–H groups in total. The summed E-state index contributed by atoms with van der Waals surface area (Å²) in [6, 6.07) is 11.8. The van der Waals surface area contributed by atoms with Crippen LogP contribution in [-0.2, 0) is 4.74 Å². The van der Waals surface area contributed by atoms with Crippen LogP contribution in [0.2, 0.25) is 0 Å². The number of pyridine rings is 1. The first kappa shape index (κ1) is 28.8. The van der Waals surface area contributed by atoms with Crippen molar-refractivity contribution in [1.29, 1.82) is 0 Å². The standard InChI is InChI=1S/C31H28F2N6O5/c1-19(2)37-18-24(30(41)39(31(37)42)22-6-3-20(32)4-7-22)29(40)35-21-5-8-27(25(33)15-21)44-28-16-23(36-11-13-43-14-12-36)17-38-26(28)9-10-34-38/h3-10,15-19H,11-14H2,1-2H3,(H,35,40). The summed E-state index contributed by atoms with van der Waals surface area (Å²) in [6.45, 7) is 5.99. The molecule has 0 radical (unpaired) electrons. The number of hydrogen-bond acceptors (Lipinski definition) is 7. The molecular formula is C31H28F2N6O5. The highest BCUT2D eigenvalue weighted by Crippen LogP contribution is 2.33. The fraction of sp³-hybridized carbons (Fsp3) is 0.226. The SMILES string of the molecule is CC(C)n1cc(C(=O)Nc2ccc(Oc3cc(N4CCOCC4)cn4nccc34)c(F)c2)c(=O)n(-c2ccc(F)cc2)c1=O. The lowest BCUT2D eigenvalue weighted by Gasteiger charge is -2.29. The average molecular weight is 603 g/mol. The number of hydrogen-bond donors (Lipinski definition) is 1. The van der Waals surface area contributed by atoms with Crippen LogP contribution in [0.15, 0.2) is 82.8 Å². The zero-order valence-electron chi connectivity index (χ0n) is 23.9. The van der Waals surface area contributed by atoms with E-state index in [0.29, 0.717) is 37.6 Å². The van der Waals surface area contributed by atoms with Gasteiger partial charge < -0.3 is 19.7 Å². The van der Waals surface area contributed by atoms with Crippen molar-refractivity contribution >= 4 is 22.8 Å². The van der Waals surface area contributed by atoms with Gasteiger partial charge in [-0.1, -0.05) is 0 Å². The second-order valence-corrected chi connectivity index (χ2v) is 10.5. The summed E-state index contributed by atoms with van der Waals surface area (Å²) >= 11 is 0. The molecule has 0 unspecified atom stereocenters. The van der Waals surface area contributed by atoms with Crippen molar-refractivity contribution in [2.24, 2.45) is 0 Å². The van der Waals surface area contributed by atoms with Gasteiger partial charge in [-0.15, -0.1) is 0 Å². The Balaban J connectivity index is 1.28. The van der Waals surface area contributed by atoms with E-state index in [1.54, 1.807) is 30.6 Å². The number of amides is 1. The molecule has 0 aliphatic carbocycles. The van der Waals surface area contributed by atoms with Crippen molar-refractivity contribution in [1.82, 2.24) is 18.7 Å². The van der Waals surface area contributed by atoms with Crippen molar-refractivity contribution < 1.29 is 23.0 Å². The molecular weight excluding hydrogens is 574 g/mol. The number of carbonyl (C=O) groups excluding carboxylic acids is 1. The highest BCUT2D eigenvalue weighted by Gasteiger charge is 2.21. The molecule has 1 saturated heterocycles. The minimum absolute atomic E-state index is 0.0615. The minimum atomic E-state index is -0.901. The van der Waals surface area contributed by atoms with Gasteiger partial charge in [0.2, 0.25) is 0 Å². The van der Waals surface area contributed by atoms with Crippen LogP contribution in [0, 0.1) is 11.6 Å². The number of morpholine rings is 1. The topological polar surface area (TPSA) is 112 Å². The first-order valence-corrected chi connectivity index (χ1v) is 13.9. The third kappa shape index (κ3) is 5.56. The van der Waals surface area contributed by atoms with Crippen molar-refractivity contribution in [3.8, 4) is 17.2 Å². The van der Waals surface area contributed by atoms with Crippen LogP contribution in [0.4, 0.5) is 20.2 Å². The number of aromatic nitrogens is 4. The van der Waals surface area contributed by atoms with E-state index in [1.165, 1.54) is 28.8 Å². The average Bonchev–Trinajstić information content (AvgIpc) is 3.49. The summed E-state index contributed by atoms with van der Waals surface area (Å²) < 4.78 is 43.9. The Kier molecular flexibility index (Phi) is 7.70.